The fraction of sp³-hybridized carbons (Fsp3) is 0.526. The van der Waals surface area contributed by atoms with Crippen LogP contribution in [0.4, 0.5) is 0 Å². The zero-order valence-electron chi connectivity index (χ0n) is 15.4. The number of amides is 1. The van der Waals surface area contributed by atoms with Gasteiger partial charge in [-0.25, -0.2) is 10.2 Å². The Morgan fingerprint density at radius 2 is 1.62 bits per heavy atom. The SMILES string of the molecule is CCOC(=O)C(C)=NNC(=O)Cc1c(CC)cc(CC)cc1CC. The number of esters is 1. The number of aryl methyl sites for hydroxylation is 3. The van der Waals surface area contributed by atoms with E-state index in [2.05, 4.69) is 43.4 Å². The minimum Gasteiger partial charge on any atom is -0.461 e. The van der Waals surface area contributed by atoms with Crippen molar-refractivity contribution in [3.8, 4) is 0 Å². The zero-order valence-corrected chi connectivity index (χ0v) is 15.4. The summed E-state index contributed by atoms with van der Waals surface area (Å²) in [6.45, 7) is 9.85. The van der Waals surface area contributed by atoms with E-state index >= 15 is 0 Å². The number of hydrazone groups is 1. The lowest BCUT2D eigenvalue weighted by Crippen LogP contribution is -2.25. The van der Waals surface area contributed by atoms with Crippen molar-refractivity contribution in [2.24, 2.45) is 5.10 Å². The van der Waals surface area contributed by atoms with Gasteiger partial charge < -0.3 is 4.74 Å². The van der Waals surface area contributed by atoms with E-state index in [9.17, 15) is 9.59 Å². The van der Waals surface area contributed by atoms with Gasteiger partial charge in [0, 0.05) is 0 Å². The standard InChI is InChI=1S/C19H28N2O3/c1-6-14-10-15(7-2)17(16(8-3)11-14)12-18(22)21-20-13(5)19(23)24-9-4/h10-11H,6-9,12H2,1-5H3,(H,21,22). The second kappa shape index (κ2) is 9.85. The predicted molar refractivity (Wildman–Crippen MR) is 96.2 cm³/mol. The summed E-state index contributed by atoms with van der Waals surface area (Å²) >= 11 is 0. The number of rotatable bonds is 8. The van der Waals surface area contributed by atoms with Gasteiger partial charge in [-0.3, -0.25) is 4.79 Å². The molecule has 0 aliphatic carbocycles. The normalized spacial score (nSPS) is 11.3. The third kappa shape index (κ3) is 5.48. The van der Waals surface area contributed by atoms with Gasteiger partial charge in [0.1, 0.15) is 5.71 Å². The van der Waals surface area contributed by atoms with Crippen LogP contribution in [-0.4, -0.2) is 24.2 Å². The van der Waals surface area contributed by atoms with Crippen LogP contribution in [0.2, 0.25) is 0 Å². The number of nitrogens with zero attached hydrogens (tertiary/aromatic N) is 1. The molecule has 1 N–H and O–H groups in total. The molecule has 5 heteroatoms. The van der Waals surface area contributed by atoms with Crippen LogP contribution in [0.5, 0.6) is 0 Å². The summed E-state index contributed by atoms with van der Waals surface area (Å²) in [5, 5.41) is 3.83. The maximum absolute atomic E-state index is 12.2. The van der Waals surface area contributed by atoms with Gasteiger partial charge >= 0.3 is 5.97 Å². The van der Waals surface area contributed by atoms with Crippen molar-refractivity contribution < 1.29 is 14.3 Å². The Morgan fingerprint density at radius 3 is 2.08 bits per heavy atom. The lowest BCUT2D eigenvalue weighted by Gasteiger charge is -2.15. The number of benzene rings is 1. The highest BCUT2D eigenvalue weighted by Gasteiger charge is 2.13. The van der Waals surface area contributed by atoms with Gasteiger partial charge in [-0.05, 0) is 55.4 Å². The molecule has 0 saturated carbocycles. The average Bonchev–Trinajstić information content (AvgIpc) is 2.59. The van der Waals surface area contributed by atoms with Gasteiger partial charge in [-0.15, -0.1) is 0 Å². The quantitative estimate of drug-likeness (QED) is 0.452. The molecule has 0 heterocycles. The number of hydrogen-bond donors (Lipinski definition) is 1. The topological polar surface area (TPSA) is 67.8 Å². The molecule has 0 aliphatic heterocycles. The van der Waals surface area contributed by atoms with Gasteiger partial charge in [0.2, 0.25) is 5.91 Å². The molecule has 0 bridgehead atoms. The van der Waals surface area contributed by atoms with E-state index in [-0.39, 0.29) is 24.6 Å². The van der Waals surface area contributed by atoms with Crippen LogP contribution in [-0.2, 0) is 40.0 Å². The van der Waals surface area contributed by atoms with Crippen molar-refractivity contribution in [3.63, 3.8) is 0 Å². The summed E-state index contributed by atoms with van der Waals surface area (Å²) in [6.07, 6.45) is 3.01. The highest BCUT2D eigenvalue weighted by molar-refractivity contribution is 6.35. The number of ether oxygens (including phenoxy) is 1. The fourth-order valence-electron chi connectivity index (χ4n) is 2.56. The third-order valence-corrected chi connectivity index (χ3v) is 3.92. The largest absolute Gasteiger partial charge is 0.461 e. The minimum atomic E-state index is -0.520. The summed E-state index contributed by atoms with van der Waals surface area (Å²) in [5.74, 6) is -0.749. The van der Waals surface area contributed by atoms with Crippen LogP contribution in [0.3, 0.4) is 0 Å². The Hall–Kier alpha value is -2.17. The smallest absolute Gasteiger partial charge is 0.354 e. The highest BCUT2D eigenvalue weighted by atomic mass is 16.5. The van der Waals surface area contributed by atoms with Crippen molar-refractivity contribution in [1.82, 2.24) is 5.43 Å². The molecule has 1 aromatic rings. The maximum Gasteiger partial charge on any atom is 0.354 e. The van der Waals surface area contributed by atoms with Crippen molar-refractivity contribution >= 4 is 17.6 Å². The lowest BCUT2D eigenvalue weighted by atomic mass is 9.91. The van der Waals surface area contributed by atoms with E-state index in [1.54, 1.807) is 6.92 Å². The summed E-state index contributed by atoms with van der Waals surface area (Å²) in [6, 6.07) is 4.35. The first-order valence-corrected chi connectivity index (χ1v) is 8.60. The summed E-state index contributed by atoms with van der Waals surface area (Å²) < 4.78 is 4.83. The van der Waals surface area contributed by atoms with E-state index < -0.39 is 5.97 Å². The molecule has 0 aliphatic rings. The van der Waals surface area contributed by atoms with Gasteiger partial charge in [-0.1, -0.05) is 32.9 Å². The highest BCUT2D eigenvalue weighted by Crippen LogP contribution is 2.20. The van der Waals surface area contributed by atoms with Gasteiger partial charge in [0.05, 0.1) is 13.0 Å². The maximum atomic E-state index is 12.2. The molecule has 5 nitrogen and oxygen atoms in total. The molecule has 0 aromatic heterocycles. The predicted octanol–water partition coefficient (Wildman–Crippen LogP) is 2.97. The summed E-state index contributed by atoms with van der Waals surface area (Å²) in [5.41, 5.74) is 7.35. The molecule has 24 heavy (non-hydrogen) atoms. The average molecular weight is 332 g/mol. The molecule has 0 fully saturated rings. The van der Waals surface area contributed by atoms with Gasteiger partial charge in [-0.2, -0.15) is 5.10 Å². The van der Waals surface area contributed by atoms with Crippen molar-refractivity contribution in [2.45, 2.75) is 60.3 Å². The van der Waals surface area contributed by atoms with E-state index in [0.717, 1.165) is 24.8 Å². The number of nitrogens with one attached hydrogen (secondary N) is 1. The lowest BCUT2D eigenvalue weighted by molar-refractivity contribution is -0.135. The van der Waals surface area contributed by atoms with Crippen LogP contribution >= 0.6 is 0 Å². The monoisotopic (exact) mass is 332 g/mol. The van der Waals surface area contributed by atoms with Crippen LogP contribution in [0.15, 0.2) is 17.2 Å². The van der Waals surface area contributed by atoms with Crippen LogP contribution in [0.25, 0.3) is 0 Å². The first kappa shape index (κ1) is 19.9. The molecule has 1 rings (SSSR count). The van der Waals surface area contributed by atoms with Crippen LogP contribution < -0.4 is 5.43 Å². The Morgan fingerprint density at radius 1 is 1.04 bits per heavy atom. The third-order valence-electron chi connectivity index (χ3n) is 3.92. The Labute approximate surface area is 144 Å². The second-order valence-electron chi connectivity index (χ2n) is 5.58. The summed E-state index contributed by atoms with van der Waals surface area (Å²) in [7, 11) is 0. The van der Waals surface area contributed by atoms with Gasteiger partial charge in [0.15, 0.2) is 0 Å². The van der Waals surface area contributed by atoms with E-state index in [1.807, 2.05) is 0 Å². The first-order chi connectivity index (χ1) is 11.5. The summed E-state index contributed by atoms with van der Waals surface area (Å²) in [4.78, 5) is 23.7. The molecule has 0 unspecified atom stereocenters. The number of carbonyl (C=O) groups excluding carboxylic acids is 2. The number of carbonyl (C=O) groups is 2. The molecule has 1 amide bonds. The molecule has 1 aromatic carbocycles. The van der Waals surface area contributed by atoms with Crippen LogP contribution in [0, 0.1) is 0 Å². The number of hydrogen-bond acceptors (Lipinski definition) is 4. The molecule has 132 valence electrons. The zero-order chi connectivity index (χ0) is 18.1. The van der Waals surface area contributed by atoms with Crippen LogP contribution in [0.1, 0.15) is 56.9 Å². The molecule has 0 spiro atoms. The van der Waals surface area contributed by atoms with Gasteiger partial charge in [0.25, 0.3) is 0 Å². The molecular formula is C19H28N2O3. The Bertz CT molecular complexity index is 596. The first-order valence-electron chi connectivity index (χ1n) is 8.60. The molecule has 0 radical (unpaired) electrons. The second-order valence-corrected chi connectivity index (χ2v) is 5.58. The van der Waals surface area contributed by atoms with Crippen molar-refractivity contribution in [1.29, 1.82) is 0 Å². The van der Waals surface area contributed by atoms with E-state index in [4.69, 9.17) is 4.74 Å². The van der Waals surface area contributed by atoms with Crippen molar-refractivity contribution in [2.75, 3.05) is 6.61 Å². The van der Waals surface area contributed by atoms with Crippen molar-refractivity contribution in [3.05, 3.63) is 34.4 Å². The molecule has 0 saturated heterocycles. The molecule has 0 atom stereocenters. The fourth-order valence-corrected chi connectivity index (χ4v) is 2.56. The van der Waals surface area contributed by atoms with E-state index in [1.165, 1.54) is 23.6 Å². The van der Waals surface area contributed by atoms with E-state index in [0.29, 0.717) is 0 Å². The molecular weight excluding hydrogens is 304 g/mol. The Balaban J connectivity index is 2.90. The Kier molecular flexibility index (Phi) is 8.16. The minimum absolute atomic E-state index is 0.137.